The lowest BCUT2D eigenvalue weighted by Gasteiger charge is -2.12. The first-order valence-electron chi connectivity index (χ1n) is 15.2. The highest BCUT2D eigenvalue weighted by atomic mass is 15.3. The number of nitrogens with zero attached hydrogens (tertiary/aromatic N) is 7. The second kappa shape index (κ2) is 9.51. The minimum atomic E-state index is 0.539. The highest BCUT2D eigenvalue weighted by Crippen LogP contribution is 2.35. The smallest absolute Gasteiger partial charge is 0.237 e. The van der Waals surface area contributed by atoms with Gasteiger partial charge in [-0.1, -0.05) is 97.1 Å². The summed E-state index contributed by atoms with van der Waals surface area (Å²) in [5.74, 6) is 1.95. The summed E-state index contributed by atoms with van der Waals surface area (Å²) >= 11 is 0. The van der Waals surface area contributed by atoms with E-state index in [9.17, 15) is 0 Å². The van der Waals surface area contributed by atoms with E-state index >= 15 is 0 Å². The van der Waals surface area contributed by atoms with E-state index in [1.807, 2.05) is 65.5 Å². The molecule has 0 fully saturated rings. The number of fused-ring (bicyclic) bond motifs is 11. The molecule has 0 saturated heterocycles. The third-order valence-electron chi connectivity index (χ3n) is 8.83. The van der Waals surface area contributed by atoms with Crippen LogP contribution < -0.4 is 0 Å². The molecular weight excluding hydrogens is 566 g/mol. The largest absolute Gasteiger partial charge is 0.276 e. The maximum Gasteiger partial charge on any atom is 0.237 e. The maximum atomic E-state index is 5.27. The maximum absolute atomic E-state index is 5.27. The van der Waals surface area contributed by atoms with Crippen LogP contribution in [0.5, 0.6) is 0 Å². The molecule has 0 saturated carbocycles. The Hall–Kier alpha value is -6.47. The number of benzene rings is 6. The van der Waals surface area contributed by atoms with E-state index in [1.165, 1.54) is 0 Å². The predicted octanol–water partition coefficient (Wildman–Crippen LogP) is 8.80. The van der Waals surface area contributed by atoms with Crippen molar-refractivity contribution in [3.05, 3.63) is 140 Å². The average Bonchev–Trinajstić information content (AvgIpc) is 3.66. The first-order chi connectivity index (χ1) is 22.8. The number of hydrogen-bond acceptors (Lipinski definition) is 5. The number of rotatable bonds is 3. The fraction of sp³-hybridized carbons (Fsp3) is 0. The first kappa shape index (κ1) is 24.9. The van der Waals surface area contributed by atoms with Crippen molar-refractivity contribution in [1.29, 1.82) is 0 Å². The summed E-state index contributed by atoms with van der Waals surface area (Å²) in [4.78, 5) is 25.3. The standard InChI is InChI=1S/C39H23N7/c1-2-11-24(12-3-1)25-13-10-14-26(21-25)37-40-22-29-27-15-4-5-16-28(27)30-23-41-38(44-36(30)35(29)43-37)46-34-20-9-8-19-33(34)45-32-18-7-6-17-31(32)42-39(45)46/h1-23H. The molecule has 7 heteroatoms. The van der Waals surface area contributed by atoms with Gasteiger partial charge in [-0.2, -0.15) is 0 Å². The second-order valence-electron chi connectivity index (χ2n) is 11.4. The molecule has 0 aliphatic heterocycles. The molecule has 214 valence electrons. The van der Waals surface area contributed by atoms with Crippen molar-refractivity contribution in [2.45, 2.75) is 0 Å². The summed E-state index contributed by atoms with van der Waals surface area (Å²) in [6, 6.07) is 43.5. The van der Waals surface area contributed by atoms with Crippen molar-refractivity contribution in [1.82, 2.24) is 33.9 Å². The Morgan fingerprint density at radius 1 is 0.435 bits per heavy atom. The predicted molar refractivity (Wildman–Crippen MR) is 184 cm³/mol. The molecule has 4 aromatic heterocycles. The first-order valence-corrected chi connectivity index (χ1v) is 15.2. The fourth-order valence-corrected chi connectivity index (χ4v) is 6.73. The van der Waals surface area contributed by atoms with Crippen molar-refractivity contribution in [3.63, 3.8) is 0 Å². The van der Waals surface area contributed by atoms with Crippen LogP contribution in [-0.4, -0.2) is 33.9 Å². The van der Waals surface area contributed by atoms with E-state index in [-0.39, 0.29) is 0 Å². The van der Waals surface area contributed by atoms with Crippen LogP contribution in [0.2, 0.25) is 0 Å². The third-order valence-corrected chi connectivity index (χ3v) is 8.83. The van der Waals surface area contributed by atoms with Gasteiger partial charge in [0.05, 0.1) is 22.1 Å². The molecule has 0 aliphatic rings. The Balaban J connectivity index is 1.26. The average molecular weight is 590 g/mol. The monoisotopic (exact) mass is 589 g/mol. The molecule has 0 aliphatic carbocycles. The molecule has 0 radical (unpaired) electrons. The topological polar surface area (TPSA) is 73.8 Å². The van der Waals surface area contributed by atoms with E-state index in [0.717, 1.165) is 77.1 Å². The Morgan fingerprint density at radius 3 is 1.89 bits per heavy atom. The normalized spacial score (nSPS) is 11.9. The molecule has 0 amide bonds. The van der Waals surface area contributed by atoms with Crippen LogP contribution in [0.3, 0.4) is 0 Å². The van der Waals surface area contributed by atoms with Crippen LogP contribution in [0.25, 0.3) is 88.9 Å². The zero-order valence-corrected chi connectivity index (χ0v) is 24.4. The SMILES string of the molecule is c1ccc(-c2cccc(-c3ncc4c5ccccc5c5cnc(-n6c7ccccc7n7c8ccccc8nc67)nc5c4n3)c2)cc1. The number of aromatic nitrogens is 7. The van der Waals surface area contributed by atoms with Gasteiger partial charge in [-0.25, -0.2) is 29.5 Å². The molecule has 7 nitrogen and oxygen atoms in total. The van der Waals surface area contributed by atoms with Gasteiger partial charge in [0, 0.05) is 28.7 Å². The Morgan fingerprint density at radius 2 is 1.07 bits per heavy atom. The summed E-state index contributed by atoms with van der Waals surface area (Å²) in [5, 5.41) is 4.02. The van der Waals surface area contributed by atoms with Gasteiger partial charge in [0.2, 0.25) is 11.7 Å². The Labute approximate surface area is 262 Å². The van der Waals surface area contributed by atoms with Crippen LogP contribution in [0.1, 0.15) is 0 Å². The summed E-state index contributed by atoms with van der Waals surface area (Å²) in [6.07, 6.45) is 3.85. The van der Waals surface area contributed by atoms with Crippen LogP contribution in [0.4, 0.5) is 0 Å². The lowest BCUT2D eigenvalue weighted by Crippen LogP contribution is -2.03. The van der Waals surface area contributed by atoms with Crippen molar-refractivity contribution in [2.75, 3.05) is 0 Å². The van der Waals surface area contributed by atoms with E-state index in [0.29, 0.717) is 11.8 Å². The molecule has 10 rings (SSSR count). The van der Waals surface area contributed by atoms with Crippen LogP contribution >= 0.6 is 0 Å². The van der Waals surface area contributed by atoms with Crippen molar-refractivity contribution < 1.29 is 0 Å². The minimum absolute atomic E-state index is 0.539. The molecule has 0 unspecified atom stereocenters. The molecule has 46 heavy (non-hydrogen) atoms. The molecule has 0 bridgehead atoms. The summed E-state index contributed by atoms with van der Waals surface area (Å²) < 4.78 is 4.22. The van der Waals surface area contributed by atoms with Crippen molar-refractivity contribution in [2.24, 2.45) is 0 Å². The third kappa shape index (κ3) is 3.56. The molecule has 0 spiro atoms. The lowest BCUT2D eigenvalue weighted by atomic mass is 10.0. The van der Waals surface area contributed by atoms with E-state index in [1.54, 1.807) is 0 Å². The van der Waals surface area contributed by atoms with Gasteiger partial charge in [0.1, 0.15) is 11.0 Å². The quantitative estimate of drug-likeness (QED) is 0.193. The highest BCUT2D eigenvalue weighted by molar-refractivity contribution is 6.22. The van der Waals surface area contributed by atoms with Gasteiger partial charge in [0.25, 0.3) is 0 Å². The van der Waals surface area contributed by atoms with Gasteiger partial charge in [0.15, 0.2) is 5.82 Å². The van der Waals surface area contributed by atoms with Crippen molar-refractivity contribution >= 4 is 60.4 Å². The second-order valence-corrected chi connectivity index (χ2v) is 11.4. The van der Waals surface area contributed by atoms with Gasteiger partial charge in [-0.05, 0) is 52.2 Å². The van der Waals surface area contributed by atoms with Gasteiger partial charge >= 0.3 is 0 Å². The molecule has 4 heterocycles. The van der Waals surface area contributed by atoms with Gasteiger partial charge < -0.3 is 0 Å². The molecule has 0 atom stereocenters. The lowest BCUT2D eigenvalue weighted by molar-refractivity contribution is 0.985. The van der Waals surface area contributed by atoms with Crippen LogP contribution in [0, 0.1) is 0 Å². The zero-order valence-electron chi connectivity index (χ0n) is 24.4. The fourth-order valence-electron chi connectivity index (χ4n) is 6.73. The van der Waals surface area contributed by atoms with Crippen molar-refractivity contribution in [3.8, 4) is 28.5 Å². The summed E-state index contributed by atoms with van der Waals surface area (Å²) in [5.41, 5.74) is 8.75. The molecular formula is C39H23N7. The molecule has 10 aromatic rings. The number of para-hydroxylation sites is 4. The Kier molecular flexibility index (Phi) is 5.15. The van der Waals surface area contributed by atoms with E-state index in [4.69, 9.17) is 24.9 Å². The van der Waals surface area contributed by atoms with E-state index in [2.05, 4.69) is 83.3 Å². The zero-order chi connectivity index (χ0) is 30.2. The van der Waals surface area contributed by atoms with E-state index < -0.39 is 0 Å². The highest BCUT2D eigenvalue weighted by Gasteiger charge is 2.20. The van der Waals surface area contributed by atoms with Gasteiger partial charge in [-0.15, -0.1) is 0 Å². The summed E-state index contributed by atoms with van der Waals surface area (Å²) in [7, 11) is 0. The van der Waals surface area contributed by atoms with Crippen LogP contribution in [0.15, 0.2) is 140 Å². The van der Waals surface area contributed by atoms with Crippen LogP contribution in [-0.2, 0) is 0 Å². The minimum Gasteiger partial charge on any atom is -0.276 e. The summed E-state index contributed by atoms with van der Waals surface area (Å²) in [6.45, 7) is 0. The van der Waals surface area contributed by atoms with Gasteiger partial charge in [-0.3, -0.25) is 4.40 Å². The Bertz CT molecular complexity index is 2810. The molecule has 6 aromatic carbocycles. The molecule has 0 N–H and O–H groups in total. The number of imidazole rings is 2. The number of hydrogen-bond donors (Lipinski definition) is 0.